The van der Waals surface area contributed by atoms with Crippen molar-refractivity contribution in [2.24, 2.45) is 0 Å². The fourth-order valence-electron chi connectivity index (χ4n) is 4.36. The zero-order valence-corrected chi connectivity index (χ0v) is 20.5. The standard InChI is InChI=1S/C28H24N2O6S/c31-21-17-37-27-23(29-22(32)16-35-20-14-8-3-9-15-20)26(33)30(27)24(21)28(34)36-25(18-10-4-1-5-11-18)19-12-6-2-7-13-19/h1-15,23-25,27H,16-17H2,(H,29,32)/t23?,24?,27-/m0/s1. The Morgan fingerprint density at radius 1 is 0.892 bits per heavy atom. The molecule has 3 aromatic carbocycles. The molecular weight excluding hydrogens is 492 g/mol. The van der Waals surface area contributed by atoms with Crippen molar-refractivity contribution in [2.75, 3.05) is 12.4 Å². The minimum atomic E-state index is -1.36. The average molecular weight is 517 g/mol. The second-order valence-corrected chi connectivity index (χ2v) is 9.71. The lowest BCUT2D eigenvalue weighted by Gasteiger charge is -2.51. The van der Waals surface area contributed by atoms with E-state index in [9.17, 15) is 19.2 Å². The fraction of sp³-hybridized carbons (Fsp3) is 0.214. The van der Waals surface area contributed by atoms with E-state index in [2.05, 4.69) is 5.32 Å². The summed E-state index contributed by atoms with van der Waals surface area (Å²) < 4.78 is 11.3. The number of thioether (sulfide) groups is 1. The number of nitrogens with zero attached hydrogens (tertiary/aromatic N) is 1. The van der Waals surface area contributed by atoms with Gasteiger partial charge in [-0.15, -0.1) is 11.8 Å². The van der Waals surface area contributed by atoms with Crippen molar-refractivity contribution in [3.8, 4) is 5.75 Å². The van der Waals surface area contributed by atoms with Gasteiger partial charge in [-0.3, -0.25) is 14.4 Å². The van der Waals surface area contributed by atoms with E-state index in [-0.39, 0.29) is 12.4 Å². The first-order chi connectivity index (χ1) is 18.0. The molecule has 3 aromatic rings. The Hall–Kier alpha value is -4.11. The molecule has 2 aliphatic heterocycles. The number of carbonyl (C=O) groups excluding carboxylic acids is 4. The minimum absolute atomic E-state index is 0.0302. The van der Waals surface area contributed by atoms with Crippen molar-refractivity contribution in [1.82, 2.24) is 10.2 Å². The smallest absolute Gasteiger partial charge is 0.337 e. The van der Waals surface area contributed by atoms with E-state index in [1.807, 2.05) is 66.7 Å². The van der Waals surface area contributed by atoms with Gasteiger partial charge in [0, 0.05) is 0 Å². The maximum Gasteiger partial charge on any atom is 0.337 e. The van der Waals surface area contributed by atoms with Crippen LogP contribution in [-0.2, 0) is 23.9 Å². The summed E-state index contributed by atoms with van der Waals surface area (Å²) in [5.74, 6) is -1.60. The topological polar surface area (TPSA) is 102 Å². The van der Waals surface area contributed by atoms with Crippen LogP contribution in [-0.4, -0.2) is 58.3 Å². The number of amides is 2. The number of fused-ring (bicyclic) bond motifs is 1. The summed E-state index contributed by atoms with van der Waals surface area (Å²) >= 11 is 1.21. The van der Waals surface area contributed by atoms with Gasteiger partial charge in [-0.1, -0.05) is 78.9 Å². The number of hydrogen-bond donors (Lipinski definition) is 1. The molecule has 188 valence electrons. The highest BCUT2D eigenvalue weighted by Gasteiger charge is 2.58. The zero-order valence-electron chi connectivity index (χ0n) is 19.7. The van der Waals surface area contributed by atoms with Gasteiger partial charge in [-0.05, 0) is 23.3 Å². The number of benzene rings is 3. The third kappa shape index (κ3) is 5.22. The van der Waals surface area contributed by atoms with Gasteiger partial charge in [-0.2, -0.15) is 0 Å². The number of para-hydroxylation sites is 1. The fourth-order valence-corrected chi connectivity index (χ4v) is 5.62. The summed E-state index contributed by atoms with van der Waals surface area (Å²) in [6.07, 6.45) is -0.738. The molecule has 9 heteroatoms. The lowest BCUT2D eigenvalue weighted by molar-refractivity contribution is -0.170. The van der Waals surface area contributed by atoms with Crippen molar-refractivity contribution in [3.63, 3.8) is 0 Å². The first kappa shape index (κ1) is 24.6. The van der Waals surface area contributed by atoms with Crippen LogP contribution in [0.2, 0.25) is 0 Å². The lowest BCUT2D eigenvalue weighted by atomic mass is 9.99. The third-order valence-corrected chi connectivity index (χ3v) is 7.44. The molecule has 0 spiro atoms. The number of nitrogens with one attached hydrogen (secondary N) is 1. The second-order valence-electron chi connectivity index (χ2n) is 8.60. The minimum Gasteiger partial charge on any atom is -0.484 e. The first-order valence-corrected chi connectivity index (χ1v) is 12.8. The SMILES string of the molecule is O=C(COc1ccccc1)NC1C(=O)N2C(C(=O)OC(c3ccccc3)c3ccccc3)C(=O)CS[C@@H]12. The largest absolute Gasteiger partial charge is 0.484 e. The van der Waals surface area contributed by atoms with Gasteiger partial charge < -0.3 is 19.7 Å². The van der Waals surface area contributed by atoms with E-state index >= 15 is 0 Å². The van der Waals surface area contributed by atoms with Crippen LogP contribution in [0.3, 0.4) is 0 Å². The maximum absolute atomic E-state index is 13.3. The molecule has 2 amide bonds. The molecule has 2 unspecified atom stereocenters. The molecule has 0 aromatic heterocycles. The highest BCUT2D eigenvalue weighted by Crippen LogP contribution is 2.38. The summed E-state index contributed by atoms with van der Waals surface area (Å²) in [5, 5.41) is 2.12. The molecular formula is C28H24N2O6S. The quantitative estimate of drug-likeness (QED) is 0.279. The van der Waals surface area contributed by atoms with E-state index in [4.69, 9.17) is 9.47 Å². The third-order valence-electron chi connectivity index (χ3n) is 6.15. The molecule has 2 aliphatic rings. The van der Waals surface area contributed by atoms with Gasteiger partial charge in [0.15, 0.2) is 24.5 Å². The van der Waals surface area contributed by atoms with Gasteiger partial charge in [0.1, 0.15) is 17.2 Å². The maximum atomic E-state index is 13.3. The van der Waals surface area contributed by atoms with E-state index in [1.165, 1.54) is 16.7 Å². The summed E-state index contributed by atoms with van der Waals surface area (Å²) in [4.78, 5) is 52.7. The number of esters is 1. The van der Waals surface area contributed by atoms with Gasteiger partial charge in [-0.25, -0.2) is 4.79 Å². The van der Waals surface area contributed by atoms with Crippen LogP contribution in [0.25, 0.3) is 0 Å². The molecule has 2 saturated heterocycles. The Morgan fingerprint density at radius 2 is 1.46 bits per heavy atom. The Labute approximate surface area is 217 Å². The second kappa shape index (κ2) is 10.9. The van der Waals surface area contributed by atoms with Crippen LogP contribution in [0, 0.1) is 0 Å². The zero-order chi connectivity index (χ0) is 25.8. The van der Waals surface area contributed by atoms with Crippen LogP contribution in [0.1, 0.15) is 17.2 Å². The van der Waals surface area contributed by atoms with Crippen molar-refractivity contribution in [2.45, 2.75) is 23.6 Å². The van der Waals surface area contributed by atoms with Gasteiger partial charge >= 0.3 is 5.97 Å². The van der Waals surface area contributed by atoms with Crippen molar-refractivity contribution in [3.05, 3.63) is 102 Å². The lowest BCUT2D eigenvalue weighted by Crippen LogP contribution is -2.76. The van der Waals surface area contributed by atoms with E-state index in [0.29, 0.717) is 5.75 Å². The summed E-state index contributed by atoms with van der Waals surface area (Å²) in [5.41, 5.74) is 1.49. The number of ether oxygens (including phenoxy) is 2. The number of carbonyl (C=O) groups is 4. The highest BCUT2D eigenvalue weighted by molar-refractivity contribution is 8.00. The Bertz CT molecular complexity index is 1250. The molecule has 2 fully saturated rings. The van der Waals surface area contributed by atoms with Gasteiger partial charge in [0.05, 0.1) is 5.75 Å². The Balaban J connectivity index is 1.27. The van der Waals surface area contributed by atoms with Crippen LogP contribution in [0.15, 0.2) is 91.0 Å². The van der Waals surface area contributed by atoms with E-state index < -0.39 is 47.1 Å². The molecule has 1 N–H and O–H groups in total. The molecule has 8 nitrogen and oxygen atoms in total. The molecule has 0 radical (unpaired) electrons. The molecule has 0 saturated carbocycles. The summed E-state index contributed by atoms with van der Waals surface area (Å²) in [6.45, 7) is -0.259. The normalized spacial score (nSPS) is 20.6. The predicted octanol–water partition coefficient (Wildman–Crippen LogP) is 2.74. The molecule has 3 atom stereocenters. The van der Waals surface area contributed by atoms with Crippen molar-refractivity contribution >= 4 is 35.3 Å². The monoisotopic (exact) mass is 516 g/mol. The average Bonchev–Trinajstić information content (AvgIpc) is 2.94. The Morgan fingerprint density at radius 3 is 2.05 bits per heavy atom. The molecule has 2 heterocycles. The number of hydrogen-bond acceptors (Lipinski definition) is 7. The summed E-state index contributed by atoms with van der Waals surface area (Å²) in [7, 11) is 0. The number of Topliss-reactive ketones (excluding diaryl/α,β-unsaturated/α-hetero) is 1. The van der Waals surface area contributed by atoms with Gasteiger partial charge in [0.25, 0.3) is 5.91 Å². The molecule has 37 heavy (non-hydrogen) atoms. The van der Waals surface area contributed by atoms with E-state index in [1.54, 1.807) is 24.3 Å². The number of ketones is 1. The molecule has 0 bridgehead atoms. The predicted molar refractivity (Wildman–Crippen MR) is 137 cm³/mol. The van der Waals surface area contributed by atoms with Gasteiger partial charge in [0.2, 0.25) is 5.91 Å². The van der Waals surface area contributed by atoms with Crippen LogP contribution < -0.4 is 10.1 Å². The van der Waals surface area contributed by atoms with E-state index in [0.717, 1.165) is 11.1 Å². The first-order valence-electron chi connectivity index (χ1n) is 11.8. The molecule has 0 aliphatic carbocycles. The van der Waals surface area contributed by atoms with Crippen molar-refractivity contribution < 1.29 is 28.7 Å². The van der Waals surface area contributed by atoms with Crippen LogP contribution in [0.5, 0.6) is 5.75 Å². The molecule has 5 rings (SSSR count). The van der Waals surface area contributed by atoms with Crippen LogP contribution in [0.4, 0.5) is 0 Å². The van der Waals surface area contributed by atoms with Crippen molar-refractivity contribution in [1.29, 1.82) is 0 Å². The number of β-lactam (4-membered cyclic amide) rings is 1. The Kier molecular flexibility index (Phi) is 7.23. The van der Waals surface area contributed by atoms with Crippen LogP contribution >= 0.6 is 11.8 Å². The number of rotatable bonds is 8. The summed E-state index contributed by atoms with van der Waals surface area (Å²) in [6, 6.07) is 25.1. The highest BCUT2D eigenvalue weighted by atomic mass is 32.2.